The molecular formula is C19H22N4O2. The van der Waals surface area contributed by atoms with Gasteiger partial charge in [-0.25, -0.2) is 9.97 Å². The first-order chi connectivity index (χ1) is 12.2. The number of amides is 1. The Morgan fingerprint density at radius 1 is 1.04 bits per heavy atom. The van der Waals surface area contributed by atoms with E-state index in [1.165, 1.54) is 0 Å². The average Bonchev–Trinajstić information content (AvgIpc) is 3.48. The van der Waals surface area contributed by atoms with Crippen molar-refractivity contribution in [2.75, 3.05) is 23.3 Å². The second-order valence-electron chi connectivity index (χ2n) is 6.82. The van der Waals surface area contributed by atoms with E-state index in [1.54, 1.807) is 12.4 Å². The van der Waals surface area contributed by atoms with Crippen molar-refractivity contribution in [1.29, 1.82) is 0 Å². The monoisotopic (exact) mass is 338 g/mol. The van der Waals surface area contributed by atoms with Crippen LogP contribution in [0.3, 0.4) is 0 Å². The predicted octanol–water partition coefficient (Wildman–Crippen LogP) is 2.57. The molecule has 0 bridgehead atoms. The topological polar surface area (TPSA) is 78.4 Å². The molecule has 6 heteroatoms. The van der Waals surface area contributed by atoms with Crippen molar-refractivity contribution in [2.24, 2.45) is 0 Å². The molecule has 0 spiro atoms. The number of rotatable bonds is 4. The summed E-state index contributed by atoms with van der Waals surface area (Å²) in [5, 5.41) is 12.4. The van der Waals surface area contributed by atoms with Gasteiger partial charge in [0, 0.05) is 30.3 Å². The molecule has 2 N–H and O–H groups in total. The van der Waals surface area contributed by atoms with Gasteiger partial charge in [0.1, 0.15) is 5.82 Å². The number of carbonyl (C=O) groups is 1. The van der Waals surface area contributed by atoms with Crippen molar-refractivity contribution < 1.29 is 9.90 Å². The van der Waals surface area contributed by atoms with Crippen molar-refractivity contribution in [3.8, 4) is 0 Å². The molecule has 2 aromatic rings. The highest BCUT2D eigenvalue weighted by molar-refractivity contribution is 6.04. The zero-order valence-corrected chi connectivity index (χ0v) is 14.1. The van der Waals surface area contributed by atoms with Crippen LogP contribution in [0, 0.1) is 0 Å². The Morgan fingerprint density at radius 3 is 2.28 bits per heavy atom. The Labute approximate surface area is 146 Å². The highest BCUT2D eigenvalue weighted by Crippen LogP contribution is 2.37. The van der Waals surface area contributed by atoms with Crippen LogP contribution in [-0.4, -0.2) is 40.2 Å². The quantitative estimate of drug-likeness (QED) is 0.896. The van der Waals surface area contributed by atoms with Crippen LogP contribution < -0.4 is 10.2 Å². The Bertz CT molecular complexity index is 733. The van der Waals surface area contributed by atoms with Crippen LogP contribution in [0.15, 0.2) is 36.7 Å². The maximum atomic E-state index is 12.4. The minimum absolute atomic E-state index is 0.164. The first kappa shape index (κ1) is 16.0. The Hall–Kier alpha value is -2.47. The molecule has 1 aromatic heterocycles. The number of hydrogen-bond donors (Lipinski definition) is 2. The van der Waals surface area contributed by atoms with Crippen LogP contribution in [0.2, 0.25) is 0 Å². The normalized spacial score (nSPS) is 18.2. The van der Waals surface area contributed by atoms with Crippen molar-refractivity contribution in [1.82, 2.24) is 9.97 Å². The number of benzene rings is 1. The lowest BCUT2D eigenvalue weighted by atomic mass is 10.1. The maximum absolute atomic E-state index is 12.4. The van der Waals surface area contributed by atoms with E-state index >= 15 is 0 Å². The molecule has 4 rings (SSSR count). The molecule has 2 aliphatic rings. The molecule has 2 fully saturated rings. The number of nitrogens with zero attached hydrogens (tertiary/aromatic N) is 3. The zero-order valence-electron chi connectivity index (χ0n) is 14.1. The van der Waals surface area contributed by atoms with E-state index in [-0.39, 0.29) is 12.0 Å². The van der Waals surface area contributed by atoms with Gasteiger partial charge in [-0.1, -0.05) is 0 Å². The third-order valence-corrected chi connectivity index (χ3v) is 4.83. The average molecular weight is 338 g/mol. The number of aliphatic hydroxyl groups is 1. The summed E-state index contributed by atoms with van der Waals surface area (Å²) < 4.78 is 0. The fraction of sp³-hybridized carbons (Fsp3) is 0.421. The third-order valence-electron chi connectivity index (χ3n) is 4.83. The van der Waals surface area contributed by atoms with Crippen molar-refractivity contribution in [3.05, 3.63) is 48.0 Å². The van der Waals surface area contributed by atoms with Gasteiger partial charge in [0.25, 0.3) is 5.91 Å². The largest absolute Gasteiger partial charge is 0.393 e. The van der Waals surface area contributed by atoms with Crippen LogP contribution >= 0.6 is 0 Å². The molecule has 6 nitrogen and oxygen atoms in total. The molecule has 0 unspecified atom stereocenters. The minimum atomic E-state index is -0.185. The second kappa shape index (κ2) is 6.80. The van der Waals surface area contributed by atoms with E-state index in [0.717, 1.165) is 50.3 Å². The van der Waals surface area contributed by atoms with E-state index in [1.807, 2.05) is 24.3 Å². The van der Waals surface area contributed by atoms with Gasteiger partial charge in [-0.2, -0.15) is 0 Å². The van der Waals surface area contributed by atoms with Crippen LogP contribution in [-0.2, 0) is 0 Å². The number of carbonyl (C=O) groups excluding carboxylic acids is 1. The van der Waals surface area contributed by atoms with Gasteiger partial charge in [-0.3, -0.25) is 4.79 Å². The van der Waals surface area contributed by atoms with Gasteiger partial charge in [0.05, 0.1) is 24.2 Å². The lowest BCUT2D eigenvalue weighted by molar-refractivity contribution is 0.102. The SMILES string of the molecule is O=C(Nc1cnc(C2CC2)nc1)c1ccc(N2CCC(O)CC2)cc1. The lowest BCUT2D eigenvalue weighted by Crippen LogP contribution is -2.35. The van der Waals surface area contributed by atoms with E-state index in [0.29, 0.717) is 17.2 Å². The lowest BCUT2D eigenvalue weighted by Gasteiger charge is -2.31. The summed E-state index contributed by atoms with van der Waals surface area (Å²) in [7, 11) is 0. The summed E-state index contributed by atoms with van der Waals surface area (Å²) >= 11 is 0. The van der Waals surface area contributed by atoms with Gasteiger partial charge in [-0.15, -0.1) is 0 Å². The molecule has 0 radical (unpaired) electrons. The Kier molecular flexibility index (Phi) is 4.36. The number of anilines is 2. The Morgan fingerprint density at radius 2 is 1.68 bits per heavy atom. The van der Waals surface area contributed by atoms with Crippen LogP contribution in [0.5, 0.6) is 0 Å². The summed E-state index contributed by atoms with van der Waals surface area (Å²) in [5.74, 6) is 1.21. The number of aliphatic hydroxyl groups excluding tert-OH is 1. The van der Waals surface area contributed by atoms with Crippen LogP contribution in [0.25, 0.3) is 0 Å². The van der Waals surface area contributed by atoms with E-state index in [4.69, 9.17) is 0 Å². The van der Waals surface area contributed by atoms with Crippen molar-refractivity contribution in [3.63, 3.8) is 0 Å². The van der Waals surface area contributed by atoms with Crippen molar-refractivity contribution >= 4 is 17.3 Å². The molecule has 2 heterocycles. The molecule has 0 atom stereocenters. The number of nitrogens with one attached hydrogen (secondary N) is 1. The van der Waals surface area contributed by atoms with Crippen LogP contribution in [0.1, 0.15) is 47.8 Å². The summed E-state index contributed by atoms with van der Waals surface area (Å²) in [6.07, 6.45) is 7.06. The number of piperidine rings is 1. The summed E-state index contributed by atoms with van der Waals surface area (Å²) in [4.78, 5) is 23.2. The molecule has 1 amide bonds. The molecular weight excluding hydrogens is 316 g/mol. The molecule has 1 aliphatic heterocycles. The smallest absolute Gasteiger partial charge is 0.255 e. The molecule has 1 saturated carbocycles. The summed E-state index contributed by atoms with van der Waals surface area (Å²) in [6, 6.07) is 7.57. The fourth-order valence-corrected chi connectivity index (χ4v) is 3.11. The van der Waals surface area contributed by atoms with Gasteiger partial charge in [0.2, 0.25) is 0 Å². The molecule has 1 saturated heterocycles. The van der Waals surface area contributed by atoms with Crippen molar-refractivity contribution in [2.45, 2.75) is 37.7 Å². The standard InChI is InChI=1S/C19H22N4O2/c24-17-7-9-23(10-8-17)16-5-3-14(4-6-16)19(25)22-15-11-20-18(21-12-15)13-1-2-13/h3-6,11-13,17,24H,1-2,7-10H2,(H,22,25). The second-order valence-corrected chi connectivity index (χ2v) is 6.82. The van der Waals surface area contributed by atoms with E-state index in [9.17, 15) is 9.90 Å². The summed E-state index contributed by atoms with van der Waals surface area (Å²) in [6.45, 7) is 1.69. The maximum Gasteiger partial charge on any atom is 0.255 e. The molecule has 1 aromatic carbocycles. The van der Waals surface area contributed by atoms with Gasteiger partial charge >= 0.3 is 0 Å². The highest BCUT2D eigenvalue weighted by atomic mass is 16.3. The van der Waals surface area contributed by atoms with Crippen LogP contribution in [0.4, 0.5) is 11.4 Å². The van der Waals surface area contributed by atoms with Gasteiger partial charge in [-0.05, 0) is 49.9 Å². The molecule has 130 valence electrons. The fourth-order valence-electron chi connectivity index (χ4n) is 3.11. The van der Waals surface area contributed by atoms with Gasteiger partial charge < -0.3 is 15.3 Å². The van der Waals surface area contributed by atoms with E-state index in [2.05, 4.69) is 20.2 Å². The Balaban J connectivity index is 1.38. The zero-order chi connectivity index (χ0) is 17.2. The predicted molar refractivity (Wildman–Crippen MR) is 95.9 cm³/mol. The van der Waals surface area contributed by atoms with E-state index < -0.39 is 0 Å². The minimum Gasteiger partial charge on any atom is -0.393 e. The molecule has 25 heavy (non-hydrogen) atoms. The first-order valence-corrected chi connectivity index (χ1v) is 8.85. The third kappa shape index (κ3) is 3.79. The summed E-state index contributed by atoms with van der Waals surface area (Å²) in [5.41, 5.74) is 2.30. The molecule has 1 aliphatic carbocycles. The highest BCUT2D eigenvalue weighted by Gasteiger charge is 2.26. The number of aromatic nitrogens is 2. The van der Waals surface area contributed by atoms with Gasteiger partial charge in [0.15, 0.2) is 0 Å². The number of hydrogen-bond acceptors (Lipinski definition) is 5. The first-order valence-electron chi connectivity index (χ1n) is 8.85.